The van der Waals surface area contributed by atoms with Crippen molar-refractivity contribution < 1.29 is 24.4 Å². The molecule has 0 bridgehead atoms. The summed E-state index contributed by atoms with van der Waals surface area (Å²) in [5, 5.41) is 30.9. The molecule has 0 fully saturated rings. The van der Waals surface area contributed by atoms with Gasteiger partial charge in [-0.2, -0.15) is 11.8 Å². The third-order valence-corrected chi connectivity index (χ3v) is 5.59. The maximum Gasteiger partial charge on any atom is 0.547 e. The summed E-state index contributed by atoms with van der Waals surface area (Å²) in [6, 6.07) is 3.41. The lowest BCUT2D eigenvalue weighted by molar-refractivity contribution is -0.118. The number of amides is 1. The number of nitrogens with zero attached hydrogens (tertiary/aromatic N) is 3. The summed E-state index contributed by atoms with van der Waals surface area (Å²) in [4.78, 5) is 24.1. The van der Waals surface area contributed by atoms with Gasteiger partial charge in [0, 0.05) is 11.9 Å². The van der Waals surface area contributed by atoms with Gasteiger partial charge in [0.1, 0.15) is 17.6 Å². The number of carbonyl (C=O) groups is 2. The van der Waals surface area contributed by atoms with Crippen LogP contribution in [0.15, 0.2) is 28.5 Å². The van der Waals surface area contributed by atoms with Gasteiger partial charge in [-0.05, 0) is 36.1 Å². The number of benzene rings is 1. The van der Waals surface area contributed by atoms with Crippen LogP contribution in [0.25, 0.3) is 0 Å². The Morgan fingerprint density at radius 3 is 2.89 bits per heavy atom. The molecule has 2 heterocycles. The number of hydrogen-bond donors (Lipinski definition) is 3. The van der Waals surface area contributed by atoms with Crippen LogP contribution in [0.4, 0.5) is 0 Å². The van der Waals surface area contributed by atoms with Crippen molar-refractivity contribution in [2.45, 2.75) is 22.4 Å². The first-order valence-electron chi connectivity index (χ1n) is 7.94. The number of nitrogens with one attached hydrogen (secondary N) is 1. The highest BCUT2D eigenvalue weighted by Gasteiger charge is 2.38. The monoisotopic (exact) mass is 408 g/mol. The molecule has 0 radical (unpaired) electrons. The van der Waals surface area contributed by atoms with E-state index in [2.05, 4.69) is 15.5 Å². The van der Waals surface area contributed by atoms with Gasteiger partial charge in [0.15, 0.2) is 5.16 Å². The van der Waals surface area contributed by atoms with E-state index in [0.29, 0.717) is 15.6 Å². The third kappa shape index (κ3) is 4.23. The number of aryl methyl sites for hydroxylation is 1. The van der Waals surface area contributed by atoms with E-state index in [1.165, 1.54) is 18.1 Å². The van der Waals surface area contributed by atoms with Crippen LogP contribution < -0.4 is 9.97 Å². The number of fused-ring (bicyclic) bond motifs is 1. The fourth-order valence-electron chi connectivity index (χ4n) is 2.70. The molecule has 3 rings (SSSR count). The van der Waals surface area contributed by atoms with Gasteiger partial charge in [-0.15, -0.1) is 10.2 Å². The van der Waals surface area contributed by atoms with Crippen LogP contribution in [0, 0.1) is 0 Å². The van der Waals surface area contributed by atoms with Crippen molar-refractivity contribution in [3.05, 3.63) is 29.6 Å². The summed E-state index contributed by atoms with van der Waals surface area (Å²) in [5.41, 5.74) is 0.558. The molecule has 12 heteroatoms. The maximum atomic E-state index is 11.9. The minimum atomic E-state index is -1.34. The van der Waals surface area contributed by atoms with Crippen LogP contribution in [0.1, 0.15) is 15.9 Å². The van der Waals surface area contributed by atoms with Gasteiger partial charge >= 0.3 is 13.1 Å². The van der Waals surface area contributed by atoms with Gasteiger partial charge in [0.2, 0.25) is 5.91 Å². The summed E-state index contributed by atoms with van der Waals surface area (Å²) in [6.07, 6.45) is 3.59. The van der Waals surface area contributed by atoms with Crippen LogP contribution >= 0.6 is 23.5 Å². The number of hydrogen-bond acceptors (Lipinski definition) is 8. The number of carboxylic acids is 1. The van der Waals surface area contributed by atoms with Crippen molar-refractivity contribution in [2.24, 2.45) is 7.05 Å². The summed E-state index contributed by atoms with van der Waals surface area (Å²) in [7, 11) is 0.417. The predicted octanol–water partition coefficient (Wildman–Crippen LogP) is 0.467. The number of aromatic carboxylic acids is 1. The van der Waals surface area contributed by atoms with E-state index in [-0.39, 0.29) is 29.4 Å². The fourth-order valence-corrected chi connectivity index (χ4v) is 3.94. The molecule has 0 saturated carbocycles. The molecule has 0 spiro atoms. The lowest BCUT2D eigenvalue weighted by Crippen LogP contribution is -2.53. The third-order valence-electron chi connectivity index (χ3n) is 3.93. The van der Waals surface area contributed by atoms with Crippen molar-refractivity contribution in [1.29, 1.82) is 0 Å². The largest absolute Gasteiger partial charge is 0.547 e. The van der Waals surface area contributed by atoms with E-state index in [9.17, 15) is 19.7 Å². The highest BCUT2D eigenvalue weighted by Crippen LogP contribution is 2.38. The van der Waals surface area contributed by atoms with Gasteiger partial charge in [-0.1, -0.05) is 6.07 Å². The Labute approximate surface area is 164 Å². The molecular weight excluding hydrogens is 391 g/mol. The Kier molecular flexibility index (Phi) is 5.97. The molecular formula is C15H17BN4O5S2. The van der Waals surface area contributed by atoms with Gasteiger partial charge < -0.3 is 24.7 Å². The Bertz CT molecular complexity index is 878. The summed E-state index contributed by atoms with van der Waals surface area (Å²) in [5.74, 6) is -1.65. The topological polar surface area (TPSA) is 127 Å². The Balaban J connectivity index is 1.91. The Morgan fingerprint density at radius 2 is 2.26 bits per heavy atom. The molecule has 1 aromatic heterocycles. The maximum absolute atomic E-state index is 11.9. The molecule has 3 N–H and O–H groups in total. The number of aromatic nitrogens is 3. The molecule has 142 valence electrons. The first-order valence-corrected chi connectivity index (χ1v) is 10.2. The summed E-state index contributed by atoms with van der Waals surface area (Å²) >= 11 is 2.51. The van der Waals surface area contributed by atoms with Crippen LogP contribution in [0.2, 0.25) is 0 Å². The van der Waals surface area contributed by atoms with Crippen LogP contribution in [-0.2, 0) is 18.3 Å². The van der Waals surface area contributed by atoms with Gasteiger partial charge in [-0.25, -0.2) is 4.79 Å². The van der Waals surface area contributed by atoms with Crippen molar-refractivity contribution in [3.63, 3.8) is 0 Å². The van der Waals surface area contributed by atoms with Crippen molar-refractivity contribution >= 4 is 42.5 Å². The van der Waals surface area contributed by atoms with Crippen molar-refractivity contribution in [1.82, 2.24) is 20.1 Å². The average molecular weight is 408 g/mol. The van der Waals surface area contributed by atoms with Gasteiger partial charge in [0.25, 0.3) is 0 Å². The molecule has 0 saturated heterocycles. The minimum absolute atomic E-state index is 0.0477. The number of thioether (sulfide) groups is 1. The zero-order valence-corrected chi connectivity index (χ0v) is 16.2. The molecule has 1 aliphatic heterocycles. The SMILES string of the molecule is CSCC(=O)NC1Cc2ccc(Sc3nncn3C)c(C(=O)O)c2OB1O. The fraction of sp³-hybridized carbons (Fsp3) is 0.333. The number of rotatable bonds is 6. The Morgan fingerprint density at radius 1 is 1.48 bits per heavy atom. The molecule has 1 aromatic carbocycles. The van der Waals surface area contributed by atoms with Crippen molar-refractivity contribution in [2.75, 3.05) is 12.0 Å². The molecule has 27 heavy (non-hydrogen) atoms. The van der Waals surface area contributed by atoms with E-state index in [4.69, 9.17) is 4.65 Å². The van der Waals surface area contributed by atoms with Crippen molar-refractivity contribution in [3.8, 4) is 5.75 Å². The van der Waals surface area contributed by atoms with Crippen LogP contribution in [-0.4, -0.2) is 61.8 Å². The second-order valence-electron chi connectivity index (χ2n) is 5.88. The Hall–Kier alpha value is -2.18. The summed E-state index contributed by atoms with van der Waals surface area (Å²) in [6.45, 7) is 0. The van der Waals surface area contributed by atoms with E-state index >= 15 is 0 Å². The van der Waals surface area contributed by atoms with E-state index in [1.807, 2.05) is 0 Å². The quantitative estimate of drug-likeness (QED) is 0.585. The van der Waals surface area contributed by atoms with E-state index in [0.717, 1.165) is 11.8 Å². The molecule has 2 aromatic rings. The zero-order chi connectivity index (χ0) is 19.6. The minimum Gasteiger partial charge on any atom is -0.534 e. The summed E-state index contributed by atoms with van der Waals surface area (Å²) < 4.78 is 7.17. The van der Waals surface area contributed by atoms with Gasteiger partial charge in [-0.3, -0.25) is 4.79 Å². The lowest BCUT2D eigenvalue weighted by Gasteiger charge is -2.29. The van der Waals surface area contributed by atoms with E-state index in [1.54, 1.807) is 30.0 Å². The smallest absolute Gasteiger partial charge is 0.534 e. The second kappa shape index (κ2) is 8.23. The van der Waals surface area contributed by atoms with E-state index < -0.39 is 19.0 Å². The highest BCUT2D eigenvalue weighted by atomic mass is 32.2. The first kappa shape index (κ1) is 19.6. The predicted molar refractivity (Wildman–Crippen MR) is 101 cm³/mol. The highest BCUT2D eigenvalue weighted by molar-refractivity contribution is 7.99. The number of carbonyl (C=O) groups excluding carboxylic acids is 1. The van der Waals surface area contributed by atoms with Crippen LogP contribution in [0.5, 0.6) is 5.75 Å². The first-order chi connectivity index (χ1) is 12.9. The molecule has 1 aliphatic rings. The zero-order valence-electron chi connectivity index (χ0n) is 14.6. The number of carboxylic acid groups (broad SMARTS) is 1. The second-order valence-corrected chi connectivity index (χ2v) is 7.75. The molecule has 9 nitrogen and oxygen atoms in total. The normalized spacial score (nSPS) is 15.8. The standard InChI is InChI=1S/C15H17BN4O5S2/c1-20-7-17-19-15(20)27-9-4-3-8-5-10(18-11(21)6-26-2)16(24)25-13(8)12(9)14(22)23/h3-4,7,10,24H,5-6H2,1-2H3,(H,18,21)(H,22,23). The average Bonchev–Trinajstić information content (AvgIpc) is 3.00. The molecule has 0 aliphatic carbocycles. The van der Waals surface area contributed by atoms with Gasteiger partial charge in [0.05, 0.1) is 11.7 Å². The molecule has 1 atom stereocenters. The van der Waals surface area contributed by atoms with Crippen LogP contribution in [0.3, 0.4) is 0 Å². The molecule has 1 unspecified atom stereocenters. The lowest BCUT2D eigenvalue weighted by atomic mass is 9.72. The molecule has 1 amide bonds.